The summed E-state index contributed by atoms with van der Waals surface area (Å²) in [4.78, 5) is 28.3. The highest BCUT2D eigenvalue weighted by Gasteiger charge is 2.51. The number of carbonyl (C=O) groups is 2. The van der Waals surface area contributed by atoms with E-state index in [0.717, 1.165) is 10.9 Å². The molecule has 2 aromatic heterocycles. The second kappa shape index (κ2) is 9.86. The van der Waals surface area contributed by atoms with Gasteiger partial charge in [-0.15, -0.1) is 0 Å². The first-order chi connectivity index (χ1) is 18.2. The highest BCUT2D eigenvalue weighted by Crippen LogP contribution is 2.49. The summed E-state index contributed by atoms with van der Waals surface area (Å²) in [6.45, 7) is 1.63. The van der Waals surface area contributed by atoms with E-state index in [2.05, 4.69) is 15.4 Å². The number of aliphatic carboxylic acids is 1. The van der Waals surface area contributed by atoms with E-state index in [4.69, 9.17) is 16.3 Å². The summed E-state index contributed by atoms with van der Waals surface area (Å²) in [7, 11) is 0. The van der Waals surface area contributed by atoms with Crippen LogP contribution < -0.4 is 5.32 Å². The minimum atomic E-state index is -1.02. The van der Waals surface area contributed by atoms with Crippen LogP contribution in [-0.4, -0.2) is 31.9 Å². The maximum absolute atomic E-state index is 14.9. The first-order valence-electron chi connectivity index (χ1n) is 11.7. The van der Waals surface area contributed by atoms with Gasteiger partial charge in [-0.25, -0.2) is 18.3 Å². The number of aromatic nitrogens is 3. The lowest BCUT2D eigenvalue weighted by molar-refractivity contribution is -0.140. The van der Waals surface area contributed by atoms with Gasteiger partial charge in [0, 0.05) is 16.1 Å². The molecule has 0 bridgehead atoms. The number of carbonyl (C=O) groups excluding carboxylic acids is 1. The van der Waals surface area contributed by atoms with E-state index in [0.29, 0.717) is 34.7 Å². The van der Waals surface area contributed by atoms with Crippen molar-refractivity contribution in [2.45, 2.75) is 31.3 Å². The van der Waals surface area contributed by atoms with Crippen LogP contribution in [0, 0.1) is 11.6 Å². The molecule has 194 valence electrons. The van der Waals surface area contributed by atoms with Crippen LogP contribution in [0.3, 0.4) is 0 Å². The largest absolute Gasteiger partial charge is 0.481 e. The number of pyridine rings is 1. The molecule has 2 heterocycles. The van der Waals surface area contributed by atoms with Gasteiger partial charge in [0.05, 0.1) is 29.2 Å². The van der Waals surface area contributed by atoms with Gasteiger partial charge in [0.1, 0.15) is 11.9 Å². The molecule has 5 rings (SSSR count). The SMILES string of the molecule is CC(OC(=O)Nc1c(F)cnn1-c1ccc(-c2ccc(C3(C(=O)O)CC3)cc2F)nc1)c1ccccc1Cl. The molecule has 1 amide bonds. The predicted octanol–water partition coefficient (Wildman–Crippen LogP) is 6.29. The third kappa shape index (κ3) is 4.70. The van der Waals surface area contributed by atoms with Crippen LogP contribution in [0.15, 0.2) is 67.0 Å². The maximum atomic E-state index is 14.9. The number of carboxylic acids is 1. The van der Waals surface area contributed by atoms with Crippen molar-refractivity contribution in [2.75, 3.05) is 5.32 Å². The van der Waals surface area contributed by atoms with E-state index < -0.39 is 35.2 Å². The van der Waals surface area contributed by atoms with Gasteiger partial charge in [-0.2, -0.15) is 5.10 Å². The van der Waals surface area contributed by atoms with Crippen molar-refractivity contribution >= 4 is 29.5 Å². The fourth-order valence-corrected chi connectivity index (χ4v) is 4.52. The summed E-state index contributed by atoms with van der Waals surface area (Å²) in [5, 5.41) is 16.2. The Kier molecular flexibility index (Phi) is 6.58. The molecule has 4 aromatic rings. The Morgan fingerprint density at radius 2 is 1.87 bits per heavy atom. The number of anilines is 1. The molecule has 38 heavy (non-hydrogen) atoms. The Labute approximate surface area is 220 Å². The van der Waals surface area contributed by atoms with E-state index in [1.165, 1.54) is 30.5 Å². The zero-order valence-corrected chi connectivity index (χ0v) is 20.7. The molecular formula is C27H21ClF2N4O4. The Balaban J connectivity index is 1.33. The summed E-state index contributed by atoms with van der Waals surface area (Å²) in [6.07, 6.45) is 1.59. The number of ether oxygens (including phenoxy) is 1. The minimum Gasteiger partial charge on any atom is -0.481 e. The topological polar surface area (TPSA) is 106 Å². The third-order valence-electron chi connectivity index (χ3n) is 6.52. The zero-order valence-electron chi connectivity index (χ0n) is 20.0. The summed E-state index contributed by atoms with van der Waals surface area (Å²) >= 11 is 6.15. The number of amides is 1. The molecule has 2 N–H and O–H groups in total. The molecular weight excluding hydrogens is 518 g/mol. The molecule has 11 heteroatoms. The van der Waals surface area contributed by atoms with Crippen molar-refractivity contribution in [3.63, 3.8) is 0 Å². The lowest BCUT2D eigenvalue weighted by Crippen LogP contribution is -2.19. The first-order valence-corrected chi connectivity index (χ1v) is 12.0. The average Bonchev–Trinajstić information content (AvgIpc) is 3.64. The quantitative estimate of drug-likeness (QED) is 0.286. The second-order valence-electron chi connectivity index (χ2n) is 8.93. The fourth-order valence-electron chi connectivity index (χ4n) is 4.23. The highest BCUT2D eigenvalue weighted by atomic mass is 35.5. The van der Waals surface area contributed by atoms with Crippen LogP contribution in [0.1, 0.15) is 37.0 Å². The number of benzene rings is 2. The average molecular weight is 539 g/mol. The van der Waals surface area contributed by atoms with Crippen LogP contribution in [0.4, 0.5) is 19.4 Å². The van der Waals surface area contributed by atoms with Crippen molar-refractivity contribution in [3.05, 3.63) is 94.8 Å². The molecule has 0 spiro atoms. The molecule has 1 fully saturated rings. The van der Waals surface area contributed by atoms with Gasteiger partial charge in [0.15, 0.2) is 11.6 Å². The van der Waals surface area contributed by atoms with Crippen molar-refractivity contribution in [2.24, 2.45) is 0 Å². The number of carboxylic acid groups (broad SMARTS) is 1. The maximum Gasteiger partial charge on any atom is 0.413 e. The molecule has 1 unspecified atom stereocenters. The van der Waals surface area contributed by atoms with Crippen molar-refractivity contribution in [3.8, 4) is 16.9 Å². The Hall–Kier alpha value is -4.31. The van der Waals surface area contributed by atoms with Gasteiger partial charge in [0.25, 0.3) is 0 Å². The Bertz CT molecular complexity index is 1540. The number of hydrogen-bond donors (Lipinski definition) is 2. The van der Waals surface area contributed by atoms with Gasteiger partial charge in [-0.3, -0.25) is 15.1 Å². The van der Waals surface area contributed by atoms with Gasteiger partial charge in [-0.1, -0.05) is 35.9 Å². The van der Waals surface area contributed by atoms with Crippen LogP contribution in [0.2, 0.25) is 5.02 Å². The standard InChI is InChI=1S/C27H21ClF2N4O4/c1-15(18-4-2-3-5-20(18)28)38-26(37)33-24-22(30)14-32-34(24)17-7-9-23(31-13-17)19-8-6-16(12-21(19)29)27(10-11-27)25(35)36/h2-9,12-15H,10-11H2,1H3,(H,33,37)(H,35,36). The highest BCUT2D eigenvalue weighted by molar-refractivity contribution is 6.31. The molecule has 1 saturated carbocycles. The Morgan fingerprint density at radius 3 is 2.50 bits per heavy atom. The molecule has 8 nitrogen and oxygen atoms in total. The van der Waals surface area contributed by atoms with Crippen molar-refractivity contribution in [1.82, 2.24) is 14.8 Å². The summed E-state index contributed by atoms with van der Waals surface area (Å²) in [5.41, 5.74) is 0.759. The number of nitrogens with zero attached hydrogens (tertiary/aromatic N) is 3. The van der Waals surface area contributed by atoms with E-state index in [9.17, 15) is 23.5 Å². The molecule has 1 atom stereocenters. The molecule has 0 saturated heterocycles. The van der Waals surface area contributed by atoms with Crippen LogP contribution >= 0.6 is 11.6 Å². The molecule has 2 aromatic carbocycles. The van der Waals surface area contributed by atoms with Gasteiger partial charge < -0.3 is 9.84 Å². The van der Waals surface area contributed by atoms with Crippen LogP contribution in [-0.2, 0) is 14.9 Å². The predicted molar refractivity (Wildman–Crippen MR) is 135 cm³/mol. The number of rotatable bonds is 7. The van der Waals surface area contributed by atoms with E-state index in [-0.39, 0.29) is 17.1 Å². The third-order valence-corrected chi connectivity index (χ3v) is 6.87. The number of nitrogens with one attached hydrogen (secondary N) is 1. The molecule has 1 aliphatic carbocycles. The van der Waals surface area contributed by atoms with Crippen LogP contribution in [0.25, 0.3) is 16.9 Å². The van der Waals surface area contributed by atoms with E-state index >= 15 is 0 Å². The van der Waals surface area contributed by atoms with E-state index in [1.54, 1.807) is 37.3 Å². The monoisotopic (exact) mass is 538 g/mol. The zero-order chi connectivity index (χ0) is 27.0. The normalized spacial score (nSPS) is 14.5. The summed E-state index contributed by atoms with van der Waals surface area (Å²) in [5.74, 6) is -2.64. The lowest BCUT2D eigenvalue weighted by atomic mass is 9.94. The van der Waals surface area contributed by atoms with Gasteiger partial charge >= 0.3 is 12.1 Å². The molecule has 0 aliphatic heterocycles. The van der Waals surface area contributed by atoms with Crippen molar-refractivity contribution < 1.29 is 28.2 Å². The summed E-state index contributed by atoms with van der Waals surface area (Å²) in [6, 6.07) is 14.2. The lowest BCUT2D eigenvalue weighted by Gasteiger charge is -2.16. The van der Waals surface area contributed by atoms with E-state index in [1.807, 2.05) is 0 Å². The number of hydrogen-bond acceptors (Lipinski definition) is 5. The smallest absolute Gasteiger partial charge is 0.413 e. The minimum absolute atomic E-state index is 0.184. The summed E-state index contributed by atoms with van der Waals surface area (Å²) < 4.78 is 35.8. The van der Waals surface area contributed by atoms with Crippen LogP contribution in [0.5, 0.6) is 0 Å². The van der Waals surface area contributed by atoms with Gasteiger partial charge in [0.2, 0.25) is 0 Å². The fraction of sp³-hybridized carbons (Fsp3) is 0.185. The first kappa shape index (κ1) is 25.3. The second-order valence-corrected chi connectivity index (χ2v) is 9.34. The van der Waals surface area contributed by atoms with Gasteiger partial charge in [-0.05, 0) is 55.7 Å². The van der Waals surface area contributed by atoms with Crippen molar-refractivity contribution in [1.29, 1.82) is 0 Å². The molecule has 0 radical (unpaired) electrons. The number of halogens is 3. The molecule has 1 aliphatic rings. The Morgan fingerprint density at radius 1 is 1.11 bits per heavy atom.